The van der Waals surface area contributed by atoms with E-state index in [2.05, 4.69) is 5.32 Å². The molecule has 0 spiro atoms. The first-order chi connectivity index (χ1) is 9.29. The molecule has 2 rings (SSSR count). The molecule has 19 heavy (non-hydrogen) atoms. The average Bonchev–Trinajstić information content (AvgIpc) is 2.47. The number of rotatable bonds is 6. The van der Waals surface area contributed by atoms with Crippen molar-refractivity contribution in [1.82, 2.24) is 5.32 Å². The van der Waals surface area contributed by atoms with Crippen LogP contribution in [0.3, 0.4) is 0 Å². The molecule has 0 aliphatic carbocycles. The summed E-state index contributed by atoms with van der Waals surface area (Å²) in [6.07, 6.45) is 5.34. The minimum Gasteiger partial charge on any atom is -0.494 e. The highest BCUT2D eigenvalue weighted by Crippen LogP contribution is 2.16. The number of ether oxygens (including phenoxy) is 1. The predicted octanol–water partition coefficient (Wildman–Crippen LogP) is 3.19. The van der Waals surface area contributed by atoms with E-state index in [1.54, 1.807) is 0 Å². The first-order valence-electron chi connectivity index (χ1n) is 7.29. The summed E-state index contributed by atoms with van der Waals surface area (Å²) in [6, 6.07) is 7.99. The van der Waals surface area contributed by atoms with Crippen LogP contribution in [0.15, 0.2) is 24.3 Å². The minimum absolute atomic E-state index is 0.232. The van der Waals surface area contributed by atoms with Crippen LogP contribution in [-0.2, 0) is 0 Å². The van der Waals surface area contributed by atoms with Crippen molar-refractivity contribution in [3.63, 3.8) is 0 Å². The zero-order valence-corrected chi connectivity index (χ0v) is 11.7. The molecule has 1 saturated heterocycles. The van der Waals surface area contributed by atoms with E-state index < -0.39 is 0 Å². The van der Waals surface area contributed by atoms with E-state index >= 15 is 0 Å². The number of benzene rings is 1. The van der Waals surface area contributed by atoms with Crippen molar-refractivity contribution in [1.29, 1.82) is 0 Å². The highest BCUT2D eigenvalue weighted by Gasteiger charge is 2.14. The van der Waals surface area contributed by atoms with Gasteiger partial charge in [0.15, 0.2) is 5.78 Å². The van der Waals surface area contributed by atoms with Gasteiger partial charge in [-0.1, -0.05) is 6.42 Å². The first kappa shape index (κ1) is 14.1. The van der Waals surface area contributed by atoms with E-state index in [-0.39, 0.29) is 5.78 Å². The molecule has 104 valence electrons. The van der Waals surface area contributed by atoms with Gasteiger partial charge in [-0.05, 0) is 57.0 Å². The molecular weight excluding hydrogens is 238 g/mol. The minimum atomic E-state index is 0.232. The number of hydrogen-bond donors (Lipinski definition) is 1. The fraction of sp³-hybridized carbons (Fsp3) is 0.562. The van der Waals surface area contributed by atoms with Gasteiger partial charge < -0.3 is 10.1 Å². The molecule has 1 fully saturated rings. The fourth-order valence-corrected chi connectivity index (χ4v) is 2.52. The SMILES string of the molecule is CCOc1ccc(C(=O)CCC2CCCCN2)cc1. The van der Waals surface area contributed by atoms with E-state index in [4.69, 9.17) is 4.74 Å². The number of Topliss-reactive ketones (excluding diaryl/α,β-unsaturated/α-hetero) is 1. The van der Waals surface area contributed by atoms with Gasteiger partial charge in [-0.3, -0.25) is 4.79 Å². The van der Waals surface area contributed by atoms with E-state index in [1.807, 2.05) is 31.2 Å². The third kappa shape index (κ3) is 4.35. The van der Waals surface area contributed by atoms with Crippen molar-refractivity contribution in [2.24, 2.45) is 0 Å². The molecule has 1 aromatic carbocycles. The molecule has 0 aromatic heterocycles. The third-order valence-electron chi connectivity index (χ3n) is 3.62. The predicted molar refractivity (Wildman–Crippen MR) is 76.8 cm³/mol. The molecule has 1 aromatic rings. The summed E-state index contributed by atoms with van der Waals surface area (Å²) in [4.78, 5) is 12.1. The number of piperidine rings is 1. The van der Waals surface area contributed by atoms with Crippen molar-refractivity contribution in [3.05, 3.63) is 29.8 Å². The maximum absolute atomic E-state index is 12.1. The Hall–Kier alpha value is -1.35. The molecular formula is C16H23NO2. The normalized spacial score (nSPS) is 19.1. The molecule has 0 bridgehead atoms. The lowest BCUT2D eigenvalue weighted by atomic mass is 9.97. The van der Waals surface area contributed by atoms with Crippen LogP contribution in [0.1, 0.15) is 49.4 Å². The van der Waals surface area contributed by atoms with Gasteiger partial charge in [-0.25, -0.2) is 0 Å². The Balaban J connectivity index is 1.81. The van der Waals surface area contributed by atoms with Gasteiger partial charge in [0.1, 0.15) is 5.75 Å². The van der Waals surface area contributed by atoms with E-state index in [1.165, 1.54) is 19.3 Å². The second kappa shape index (κ2) is 7.29. The number of ketones is 1. The summed E-state index contributed by atoms with van der Waals surface area (Å²) in [6.45, 7) is 3.71. The summed E-state index contributed by atoms with van der Waals surface area (Å²) in [5.41, 5.74) is 0.791. The van der Waals surface area contributed by atoms with Crippen molar-refractivity contribution < 1.29 is 9.53 Å². The van der Waals surface area contributed by atoms with Gasteiger partial charge >= 0.3 is 0 Å². The number of nitrogens with one attached hydrogen (secondary N) is 1. The second-order valence-electron chi connectivity index (χ2n) is 5.07. The maximum atomic E-state index is 12.1. The largest absolute Gasteiger partial charge is 0.494 e. The van der Waals surface area contributed by atoms with Crippen LogP contribution in [0.25, 0.3) is 0 Å². The third-order valence-corrected chi connectivity index (χ3v) is 3.62. The zero-order chi connectivity index (χ0) is 13.5. The summed E-state index contributed by atoms with van der Waals surface area (Å²) in [7, 11) is 0. The highest BCUT2D eigenvalue weighted by molar-refractivity contribution is 5.96. The molecule has 1 N–H and O–H groups in total. The van der Waals surface area contributed by atoms with Gasteiger partial charge in [0.2, 0.25) is 0 Å². The lowest BCUT2D eigenvalue weighted by molar-refractivity contribution is 0.0974. The van der Waals surface area contributed by atoms with Crippen LogP contribution in [0.4, 0.5) is 0 Å². The van der Waals surface area contributed by atoms with E-state index in [9.17, 15) is 4.79 Å². The van der Waals surface area contributed by atoms with Crippen LogP contribution in [0.2, 0.25) is 0 Å². The van der Waals surface area contributed by atoms with E-state index in [0.717, 1.165) is 24.3 Å². The lowest BCUT2D eigenvalue weighted by Crippen LogP contribution is -2.34. The van der Waals surface area contributed by atoms with Crippen LogP contribution in [0, 0.1) is 0 Å². The fourth-order valence-electron chi connectivity index (χ4n) is 2.52. The van der Waals surface area contributed by atoms with Crippen LogP contribution < -0.4 is 10.1 Å². The van der Waals surface area contributed by atoms with Crippen molar-refractivity contribution in [3.8, 4) is 5.75 Å². The molecule has 1 atom stereocenters. The monoisotopic (exact) mass is 261 g/mol. The highest BCUT2D eigenvalue weighted by atomic mass is 16.5. The van der Waals surface area contributed by atoms with Crippen molar-refractivity contribution in [2.45, 2.75) is 45.1 Å². The Bertz CT molecular complexity index is 394. The van der Waals surface area contributed by atoms with Crippen molar-refractivity contribution in [2.75, 3.05) is 13.2 Å². The molecule has 3 heteroatoms. The van der Waals surface area contributed by atoms with Crippen LogP contribution in [0.5, 0.6) is 5.75 Å². The Morgan fingerprint density at radius 2 is 2.11 bits per heavy atom. The number of hydrogen-bond acceptors (Lipinski definition) is 3. The molecule has 0 saturated carbocycles. The van der Waals surface area contributed by atoms with Gasteiger partial charge in [-0.2, -0.15) is 0 Å². The first-order valence-corrected chi connectivity index (χ1v) is 7.29. The Labute approximate surface area is 115 Å². The van der Waals surface area contributed by atoms with E-state index in [0.29, 0.717) is 19.1 Å². The molecule has 1 aliphatic heterocycles. The molecule has 1 unspecified atom stereocenters. The van der Waals surface area contributed by atoms with Gasteiger partial charge in [0.25, 0.3) is 0 Å². The Kier molecular flexibility index (Phi) is 5.40. The molecule has 3 nitrogen and oxygen atoms in total. The lowest BCUT2D eigenvalue weighted by Gasteiger charge is -2.22. The molecule has 0 amide bonds. The van der Waals surface area contributed by atoms with Gasteiger partial charge in [-0.15, -0.1) is 0 Å². The second-order valence-corrected chi connectivity index (χ2v) is 5.07. The number of carbonyl (C=O) groups is 1. The van der Waals surface area contributed by atoms with Gasteiger partial charge in [0, 0.05) is 18.0 Å². The summed E-state index contributed by atoms with van der Waals surface area (Å²) < 4.78 is 5.37. The Morgan fingerprint density at radius 3 is 2.74 bits per heavy atom. The Morgan fingerprint density at radius 1 is 1.32 bits per heavy atom. The molecule has 1 aliphatic rings. The zero-order valence-electron chi connectivity index (χ0n) is 11.7. The van der Waals surface area contributed by atoms with Crippen LogP contribution >= 0.6 is 0 Å². The van der Waals surface area contributed by atoms with Crippen molar-refractivity contribution >= 4 is 5.78 Å². The topological polar surface area (TPSA) is 38.3 Å². The maximum Gasteiger partial charge on any atom is 0.162 e. The molecule has 0 radical (unpaired) electrons. The summed E-state index contributed by atoms with van der Waals surface area (Å²) in [5, 5.41) is 3.48. The van der Waals surface area contributed by atoms with Gasteiger partial charge in [0.05, 0.1) is 6.61 Å². The quantitative estimate of drug-likeness (QED) is 0.799. The summed E-state index contributed by atoms with van der Waals surface area (Å²) >= 11 is 0. The number of carbonyl (C=O) groups excluding carboxylic acids is 1. The smallest absolute Gasteiger partial charge is 0.162 e. The summed E-state index contributed by atoms with van der Waals surface area (Å²) in [5.74, 6) is 1.06. The molecule has 1 heterocycles. The van der Waals surface area contributed by atoms with Crippen LogP contribution in [-0.4, -0.2) is 25.0 Å². The average molecular weight is 261 g/mol. The standard InChI is InChI=1S/C16H23NO2/c1-2-19-15-9-6-13(7-10-15)16(18)11-8-14-5-3-4-12-17-14/h6-7,9-10,14,17H,2-5,8,11-12H2,1H3.